The molecule has 2 rings (SSSR count). The minimum absolute atomic E-state index is 0.0349. The number of phenolic OH excluding ortho intramolecular Hbond substituents is 1. The minimum atomic E-state index is -0.483. The molecule has 2 aromatic rings. The molecule has 0 unspecified atom stereocenters. The van der Waals surface area contributed by atoms with E-state index in [1.54, 1.807) is 12.1 Å². The summed E-state index contributed by atoms with van der Waals surface area (Å²) < 4.78 is 13.2. The molecule has 0 aliphatic rings. The fourth-order valence-corrected chi connectivity index (χ4v) is 1.69. The maximum absolute atomic E-state index is 13.2. The summed E-state index contributed by atoms with van der Waals surface area (Å²) in [5.74, 6) is -0.518. The van der Waals surface area contributed by atoms with Gasteiger partial charge in [0, 0.05) is 0 Å². The van der Waals surface area contributed by atoms with Gasteiger partial charge in [0.15, 0.2) is 0 Å². The van der Waals surface area contributed by atoms with Gasteiger partial charge < -0.3 is 5.11 Å². The molecular weight excluding hydrogens is 241 g/mol. The third-order valence-corrected chi connectivity index (χ3v) is 2.61. The van der Waals surface area contributed by atoms with Gasteiger partial charge in [-0.05, 0) is 41.5 Å². The van der Waals surface area contributed by atoms with Crippen molar-refractivity contribution in [3.05, 3.63) is 52.8 Å². The summed E-state index contributed by atoms with van der Waals surface area (Å²) in [6.45, 7) is 0. The lowest BCUT2D eigenvalue weighted by atomic mass is 10.0. The van der Waals surface area contributed by atoms with Crippen LogP contribution in [-0.2, 0) is 0 Å². The summed E-state index contributed by atoms with van der Waals surface area (Å²) in [6.07, 6.45) is 0. The van der Waals surface area contributed by atoms with Gasteiger partial charge in [0.25, 0.3) is 0 Å². The van der Waals surface area contributed by atoms with Crippen molar-refractivity contribution in [1.82, 2.24) is 0 Å². The van der Waals surface area contributed by atoms with Crippen LogP contribution < -0.4 is 0 Å². The molecule has 1 N–H and O–H groups in total. The Morgan fingerprint density at radius 3 is 2.53 bits per heavy atom. The van der Waals surface area contributed by atoms with Gasteiger partial charge in [-0.3, -0.25) is 0 Å². The predicted molar refractivity (Wildman–Crippen MR) is 63.2 cm³/mol. The van der Waals surface area contributed by atoms with Gasteiger partial charge in [-0.25, -0.2) is 4.39 Å². The SMILES string of the molecule is N#Cc1cc(F)cc(-c2ccc(O)c(Cl)c2)c1. The first-order valence-corrected chi connectivity index (χ1v) is 5.17. The molecule has 17 heavy (non-hydrogen) atoms. The Kier molecular flexibility index (Phi) is 2.99. The van der Waals surface area contributed by atoms with Gasteiger partial charge in [0.1, 0.15) is 11.6 Å². The molecule has 0 bridgehead atoms. The number of phenols is 1. The predicted octanol–water partition coefficient (Wildman–Crippen LogP) is 3.72. The molecule has 0 saturated carbocycles. The molecule has 0 atom stereocenters. The van der Waals surface area contributed by atoms with E-state index < -0.39 is 5.82 Å². The van der Waals surface area contributed by atoms with E-state index in [1.807, 2.05) is 6.07 Å². The van der Waals surface area contributed by atoms with Crippen molar-refractivity contribution in [3.63, 3.8) is 0 Å². The standard InChI is InChI=1S/C13H7ClFNO/c14-12-6-9(1-2-13(12)17)10-3-8(7-16)4-11(15)5-10/h1-6,17H. The highest BCUT2D eigenvalue weighted by molar-refractivity contribution is 6.32. The first-order valence-electron chi connectivity index (χ1n) is 4.80. The van der Waals surface area contributed by atoms with Crippen LogP contribution in [0.3, 0.4) is 0 Å². The van der Waals surface area contributed by atoms with Gasteiger partial charge in [0.05, 0.1) is 16.7 Å². The highest BCUT2D eigenvalue weighted by Crippen LogP contribution is 2.30. The van der Waals surface area contributed by atoms with Crippen molar-refractivity contribution >= 4 is 11.6 Å². The monoisotopic (exact) mass is 247 g/mol. The average molecular weight is 248 g/mol. The topological polar surface area (TPSA) is 44.0 Å². The molecule has 0 aliphatic heterocycles. The first kappa shape index (κ1) is 11.4. The van der Waals surface area contributed by atoms with E-state index >= 15 is 0 Å². The first-order chi connectivity index (χ1) is 8.10. The van der Waals surface area contributed by atoms with E-state index in [0.29, 0.717) is 11.1 Å². The van der Waals surface area contributed by atoms with Crippen LogP contribution in [0.2, 0.25) is 5.02 Å². The lowest BCUT2D eigenvalue weighted by Gasteiger charge is -2.04. The van der Waals surface area contributed by atoms with Crippen molar-refractivity contribution in [2.45, 2.75) is 0 Å². The third kappa shape index (κ3) is 2.38. The number of rotatable bonds is 1. The van der Waals surface area contributed by atoms with Crippen LogP contribution in [0.5, 0.6) is 5.75 Å². The van der Waals surface area contributed by atoms with E-state index in [0.717, 1.165) is 6.07 Å². The molecule has 0 saturated heterocycles. The lowest BCUT2D eigenvalue weighted by molar-refractivity contribution is 0.475. The fraction of sp³-hybridized carbons (Fsp3) is 0. The van der Waals surface area contributed by atoms with E-state index in [4.69, 9.17) is 16.9 Å². The highest BCUT2D eigenvalue weighted by atomic mass is 35.5. The summed E-state index contributed by atoms with van der Waals surface area (Å²) in [5, 5.41) is 18.2. The number of aromatic hydroxyl groups is 1. The second-order valence-electron chi connectivity index (χ2n) is 3.51. The summed E-state index contributed by atoms with van der Waals surface area (Å²) in [5.41, 5.74) is 1.43. The van der Waals surface area contributed by atoms with Crippen molar-refractivity contribution in [2.75, 3.05) is 0 Å². The van der Waals surface area contributed by atoms with Crippen LogP contribution in [-0.4, -0.2) is 5.11 Å². The number of hydrogen-bond acceptors (Lipinski definition) is 2. The maximum atomic E-state index is 13.2. The number of nitrogens with zero attached hydrogens (tertiary/aromatic N) is 1. The number of hydrogen-bond donors (Lipinski definition) is 1. The molecular formula is C13H7ClFNO. The van der Waals surface area contributed by atoms with Crippen LogP contribution in [0.4, 0.5) is 4.39 Å². The molecule has 0 aliphatic carbocycles. The van der Waals surface area contributed by atoms with Gasteiger partial charge in [0.2, 0.25) is 0 Å². The van der Waals surface area contributed by atoms with Crippen LogP contribution in [0.15, 0.2) is 36.4 Å². The molecule has 0 aromatic heterocycles. The van der Waals surface area contributed by atoms with Crippen molar-refractivity contribution < 1.29 is 9.50 Å². The molecule has 2 nitrogen and oxygen atoms in total. The summed E-state index contributed by atoms with van der Waals surface area (Å²) in [6, 6.07) is 10.5. The van der Waals surface area contributed by atoms with Crippen LogP contribution in [0.1, 0.15) is 5.56 Å². The van der Waals surface area contributed by atoms with E-state index in [-0.39, 0.29) is 16.3 Å². The number of benzene rings is 2. The highest BCUT2D eigenvalue weighted by Gasteiger charge is 2.05. The summed E-state index contributed by atoms with van der Waals surface area (Å²) in [4.78, 5) is 0. The van der Waals surface area contributed by atoms with Crippen LogP contribution >= 0.6 is 11.6 Å². The second-order valence-corrected chi connectivity index (χ2v) is 3.91. The van der Waals surface area contributed by atoms with Gasteiger partial charge in [-0.1, -0.05) is 17.7 Å². The third-order valence-electron chi connectivity index (χ3n) is 2.31. The van der Waals surface area contributed by atoms with E-state index in [9.17, 15) is 9.50 Å². The molecule has 2 aromatic carbocycles. The lowest BCUT2D eigenvalue weighted by Crippen LogP contribution is -1.84. The minimum Gasteiger partial charge on any atom is -0.506 e. The van der Waals surface area contributed by atoms with Gasteiger partial charge >= 0.3 is 0 Å². The Bertz CT molecular complexity index is 619. The van der Waals surface area contributed by atoms with Crippen molar-refractivity contribution in [1.29, 1.82) is 5.26 Å². The quantitative estimate of drug-likeness (QED) is 0.835. The Morgan fingerprint density at radius 2 is 1.88 bits per heavy atom. The molecule has 4 heteroatoms. The van der Waals surface area contributed by atoms with Gasteiger partial charge in [-0.2, -0.15) is 5.26 Å². The number of halogens is 2. The van der Waals surface area contributed by atoms with Crippen LogP contribution in [0.25, 0.3) is 11.1 Å². The zero-order valence-corrected chi connectivity index (χ0v) is 9.37. The van der Waals surface area contributed by atoms with Crippen molar-refractivity contribution in [2.24, 2.45) is 0 Å². The second kappa shape index (κ2) is 4.44. The zero-order valence-electron chi connectivity index (χ0n) is 8.61. The van der Waals surface area contributed by atoms with Crippen molar-refractivity contribution in [3.8, 4) is 22.9 Å². The molecule has 0 amide bonds. The Hall–Kier alpha value is -2.05. The molecule has 0 fully saturated rings. The van der Waals surface area contributed by atoms with Gasteiger partial charge in [-0.15, -0.1) is 0 Å². The Balaban J connectivity index is 2.56. The molecule has 84 valence electrons. The smallest absolute Gasteiger partial charge is 0.134 e. The number of nitriles is 1. The Morgan fingerprint density at radius 1 is 1.12 bits per heavy atom. The summed E-state index contributed by atoms with van der Waals surface area (Å²) in [7, 11) is 0. The molecule has 0 heterocycles. The Labute approximate surface area is 103 Å². The summed E-state index contributed by atoms with van der Waals surface area (Å²) >= 11 is 5.77. The van der Waals surface area contributed by atoms with E-state index in [2.05, 4.69) is 0 Å². The molecule has 0 radical (unpaired) electrons. The zero-order chi connectivity index (χ0) is 12.4. The largest absolute Gasteiger partial charge is 0.506 e. The van der Waals surface area contributed by atoms with Crippen LogP contribution in [0, 0.1) is 17.1 Å². The molecule has 0 spiro atoms. The fourth-order valence-electron chi connectivity index (χ4n) is 1.51. The maximum Gasteiger partial charge on any atom is 0.134 e. The van der Waals surface area contributed by atoms with E-state index in [1.165, 1.54) is 18.2 Å². The normalized spacial score (nSPS) is 9.94. The average Bonchev–Trinajstić information content (AvgIpc) is 2.32.